The Morgan fingerprint density at radius 2 is 1.72 bits per heavy atom. The molecule has 3 rings (SSSR count). The van der Waals surface area contributed by atoms with Crippen molar-refractivity contribution < 1.29 is 45.8 Å². The molecule has 2 heterocycles. The average molecular weight is 468 g/mol. The number of alkyl halides is 6. The molecule has 0 radical (unpaired) electrons. The number of carbonyl (C=O) groups excluding carboxylic acids is 1. The van der Waals surface area contributed by atoms with Crippen molar-refractivity contribution in [2.45, 2.75) is 44.8 Å². The summed E-state index contributed by atoms with van der Waals surface area (Å²) in [6.45, 7) is 2.73. The van der Waals surface area contributed by atoms with E-state index < -0.39 is 41.6 Å². The number of carbonyl (C=O) groups is 2. The van der Waals surface area contributed by atoms with Crippen LogP contribution in [0.25, 0.3) is 0 Å². The second-order valence-corrected chi connectivity index (χ2v) is 8.38. The molecule has 0 bridgehead atoms. The fourth-order valence-corrected chi connectivity index (χ4v) is 4.16. The molecule has 1 N–H and O–H groups in total. The van der Waals surface area contributed by atoms with Gasteiger partial charge in [0.15, 0.2) is 6.10 Å². The third-order valence-electron chi connectivity index (χ3n) is 5.96. The molecule has 1 aromatic rings. The van der Waals surface area contributed by atoms with Crippen molar-refractivity contribution in [3.8, 4) is 0 Å². The largest absolute Gasteiger partial charge is 0.478 e. The van der Waals surface area contributed by atoms with Gasteiger partial charge in [0.1, 0.15) is 0 Å². The topological polar surface area (TPSA) is 70.1 Å². The molecule has 1 atom stereocenters. The molecule has 32 heavy (non-hydrogen) atoms. The minimum atomic E-state index is -4.76. The summed E-state index contributed by atoms with van der Waals surface area (Å²) < 4.78 is 81.0. The molecule has 1 unspecified atom stereocenters. The highest BCUT2D eigenvalue weighted by molar-refractivity contribution is 5.89. The number of aromatic carboxylic acids is 1. The van der Waals surface area contributed by atoms with Gasteiger partial charge in [-0.1, -0.05) is 6.07 Å². The first-order chi connectivity index (χ1) is 14.7. The van der Waals surface area contributed by atoms with Crippen molar-refractivity contribution in [3.05, 3.63) is 34.9 Å². The Morgan fingerprint density at radius 1 is 1.12 bits per heavy atom. The van der Waals surface area contributed by atoms with Crippen LogP contribution in [0.4, 0.5) is 31.1 Å². The van der Waals surface area contributed by atoms with Crippen LogP contribution in [0.3, 0.4) is 0 Å². The van der Waals surface area contributed by atoms with Crippen molar-refractivity contribution in [2.24, 2.45) is 5.41 Å². The molecule has 0 aliphatic carbocycles. The molecule has 1 aromatic carbocycles. The second-order valence-electron chi connectivity index (χ2n) is 8.38. The van der Waals surface area contributed by atoms with E-state index in [-0.39, 0.29) is 25.0 Å². The van der Waals surface area contributed by atoms with Crippen molar-refractivity contribution in [1.82, 2.24) is 9.80 Å². The first-order valence-corrected chi connectivity index (χ1v) is 9.88. The highest BCUT2D eigenvalue weighted by atomic mass is 19.4. The lowest BCUT2D eigenvalue weighted by Crippen LogP contribution is -2.60. The number of amides is 1. The molecule has 2 aliphatic heterocycles. The predicted molar refractivity (Wildman–Crippen MR) is 98.9 cm³/mol. The van der Waals surface area contributed by atoms with Gasteiger partial charge in [-0.15, -0.1) is 0 Å². The van der Waals surface area contributed by atoms with Crippen molar-refractivity contribution in [1.29, 1.82) is 0 Å². The van der Waals surface area contributed by atoms with E-state index in [1.54, 1.807) is 0 Å². The monoisotopic (exact) mass is 468 g/mol. The van der Waals surface area contributed by atoms with Crippen LogP contribution in [0, 0.1) is 5.41 Å². The van der Waals surface area contributed by atoms with E-state index >= 15 is 0 Å². The summed E-state index contributed by atoms with van der Waals surface area (Å²) in [6.07, 6.45) is -11.5. The molecule has 6 nitrogen and oxygen atoms in total. The summed E-state index contributed by atoms with van der Waals surface area (Å²) in [6, 6.07) is 3.04. The van der Waals surface area contributed by atoms with Crippen LogP contribution in [0.2, 0.25) is 0 Å². The van der Waals surface area contributed by atoms with Crippen molar-refractivity contribution in [3.63, 3.8) is 0 Å². The van der Waals surface area contributed by atoms with Crippen molar-refractivity contribution in [2.75, 3.05) is 26.2 Å². The van der Waals surface area contributed by atoms with E-state index in [9.17, 15) is 35.9 Å². The average Bonchev–Trinajstić information content (AvgIpc) is 2.65. The quantitative estimate of drug-likeness (QED) is 0.664. The summed E-state index contributed by atoms with van der Waals surface area (Å²) in [5, 5.41) is 9.11. The molecule has 0 saturated carbocycles. The van der Waals surface area contributed by atoms with Crippen LogP contribution in [0.15, 0.2) is 18.2 Å². The minimum Gasteiger partial charge on any atom is -0.478 e. The number of rotatable bonds is 4. The second kappa shape index (κ2) is 8.45. The number of benzene rings is 1. The Morgan fingerprint density at radius 3 is 2.22 bits per heavy atom. The summed E-state index contributed by atoms with van der Waals surface area (Å²) in [4.78, 5) is 26.3. The lowest BCUT2D eigenvalue weighted by atomic mass is 9.72. The van der Waals surface area contributed by atoms with Crippen LogP contribution in [0.1, 0.15) is 41.3 Å². The van der Waals surface area contributed by atoms with Crippen molar-refractivity contribution >= 4 is 12.1 Å². The maximum atomic E-state index is 13.0. The Balaban J connectivity index is 1.52. The summed E-state index contributed by atoms with van der Waals surface area (Å²) in [7, 11) is 0. The lowest BCUT2D eigenvalue weighted by molar-refractivity contribution is -0.200. The molecule has 1 spiro atoms. The van der Waals surface area contributed by atoms with E-state index in [1.807, 2.05) is 4.90 Å². The summed E-state index contributed by atoms with van der Waals surface area (Å²) in [5.74, 6) is -1.65. The van der Waals surface area contributed by atoms with Gasteiger partial charge < -0.3 is 14.7 Å². The summed E-state index contributed by atoms with van der Waals surface area (Å²) >= 11 is 0. The van der Waals surface area contributed by atoms with Gasteiger partial charge in [0.25, 0.3) is 0 Å². The van der Waals surface area contributed by atoms with Crippen LogP contribution < -0.4 is 0 Å². The smallest absolute Gasteiger partial charge is 0.425 e. The first kappa shape index (κ1) is 24.1. The molecule has 2 aliphatic rings. The molecule has 12 heteroatoms. The van der Waals surface area contributed by atoms with Gasteiger partial charge in [0.05, 0.1) is 11.1 Å². The number of nitrogens with zero attached hydrogens (tertiary/aromatic N) is 2. The zero-order chi connectivity index (χ0) is 23.9. The van der Waals surface area contributed by atoms with Gasteiger partial charge in [0.2, 0.25) is 0 Å². The maximum absolute atomic E-state index is 13.0. The third kappa shape index (κ3) is 5.28. The zero-order valence-corrected chi connectivity index (χ0v) is 17.1. The third-order valence-corrected chi connectivity index (χ3v) is 5.96. The standard InChI is InChI=1S/C20H22F6N2O4/c1-12(19(21,22)23)32-17(31)28-6-4-18(5-7-28)10-27(11-18)9-13-2-3-15(20(24,25)26)14(8-13)16(29)30/h2-3,8,12H,4-7,9-11H2,1H3,(H,29,30). The van der Waals surface area contributed by atoms with Gasteiger partial charge in [-0.2, -0.15) is 26.3 Å². The van der Waals surface area contributed by atoms with Gasteiger partial charge >= 0.3 is 24.4 Å². The van der Waals surface area contributed by atoms with Crippen LogP contribution in [-0.4, -0.2) is 65.4 Å². The van der Waals surface area contributed by atoms with Gasteiger partial charge in [-0.3, -0.25) is 4.90 Å². The van der Waals surface area contributed by atoms with E-state index in [0.29, 0.717) is 31.5 Å². The Hall–Kier alpha value is -2.50. The number of likely N-dealkylation sites (tertiary alicyclic amines) is 2. The molecule has 2 fully saturated rings. The predicted octanol–water partition coefficient (Wildman–Crippen LogP) is 4.39. The van der Waals surface area contributed by atoms with Crippen LogP contribution in [0.5, 0.6) is 0 Å². The zero-order valence-electron chi connectivity index (χ0n) is 17.1. The minimum absolute atomic E-state index is 0.131. The molecule has 0 aromatic heterocycles. The molecule has 2 saturated heterocycles. The Labute approximate surface area is 179 Å². The highest BCUT2D eigenvalue weighted by Gasteiger charge is 2.46. The van der Waals surface area contributed by atoms with Gasteiger partial charge in [0, 0.05) is 32.7 Å². The number of ether oxygens (including phenoxy) is 1. The number of hydrogen-bond acceptors (Lipinski definition) is 4. The Bertz CT molecular complexity index is 870. The molecular formula is C20H22F6N2O4. The molecular weight excluding hydrogens is 446 g/mol. The molecule has 178 valence electrons. The van der Waals surface area contributed by atoms with E-state index in [1.165, 1.54) is 11.0 Å². The van der Waals surface area contributed by atoms with Gasteiger partial charge in [-0.05, 0) is 42.9 Å². The first-order valence-electron chi connectivity index (χ1n) is 9.88. The number of hydrogen-bond donors (Lipinski definition) is 1. The number of carboxylic acid groups (broad SMARTS) is 1. The normalized spacial score (nSPS) is 20.0. The number of carboxylic acids is 1. The van der Waals surface area contributed by atoms with Gasteiger partial charge in [-0.25, -0.2) is 9.59 Å². The van der Waals surface area contributed by atoms with E-state index in [2.05, 4.69) is 4.74 Å². The fourth-order valence-electron chi connectivity index (χ4n) is 4.16. The Kier molecular flexibility index (Phi) is 6.38. The number of piperidine rings is 1. The van der Waals surface area contributed by atoms with E-state index in [0.717, 1.165) is 19.1 Å². The maximum Gasteiger partial charge on any atom is 0.425 e. The van der Waals surface area contributed by atoms with Crippen LogP contribution in [-0.2, 0) is 17.5 Å². The molecule has 1 amide bonds. The van der Waals surface area contributed by atoms with E-state index in [4.69, 9.17) is 5.11 Å². The lowest BCUT2D eigenvalue weighted by Gasteiger charge is -2.54. The number of halogens is 6. The fraction of sp³-hybridized carbons (Fsp3) is 0.600. The highest BCUT2D eigenvalue weighted by Crippen LogP contribution is 2.41. The SMILES string of the molecule is CC(OC(=O)N1CCC2(CC1)CN(Cc1ccc(C(F)(F)F)c(C(=O)O)c1)C2)C(F)(F)F. The van der Waals surface area contributed by atoms with Crippen LogP contribution >= 0.6 is 0 Å². The summed E-state index contributed by atoms with van der Waals surface area (Å²) in [5.41, 5.74) is -1.70.